The van der Waals surface area contributed by atoms with Crippen molar-refractivity contribution in [3.63, 3.8) is 0 Å². The molecule has 5 rings (SSSR count). The number of benzene rings is 3. The molecular weight excluding hydrogens is 430 g/mol. The first-order valence-corrected chi connectivity index (χ1v) is 10.5. The largest absolute Gasteiger partial charge is 0.273 e. The Balaban J connectivity index is 1.38. The second-order valence-corrected chi connectivity index (χ2v) is 7.34. The molecule has 0 aliphatic heterocycles. The smallest absolute Gasteiger partial charge is 0.267 e. The van der Waals surface area contributed by atoms with Gasteiger partial charge in [-0.3, -0.25) is 20.4 Å². The standard InChI is InChI=1S/C25H19N7O2/c33-24(19-10-7-13-21(14-19)32-17-26-16-27-32)28-29-25(34)22-15-31(20-11-5-2-6-12-20)30-23(22)18-8-3-1-4-9-18/h1-17H,(H,28,33)(H,29,34). The van der Waals surface area contributed by atoms with Gasteiger partial charge in [-0.05, 0) is 30.3 Å². The highest BCUT2D eigenvalue weighted by Crippen LogP contribution is 2.23. The Morgan fingerprint density at radius 3 is 2.18 bits per heavy atom. The lowest BCUT2D eigenvalue weighted by molar-refractivity contribution is 0.0847. The molecule has 0 fully saturated rings. The first kappa shape index (κ1) is 20.8. The maximum atomic E-state index is 13.1. The molecule has 5 aromatic rings. The zero-order valence-electron chi connectivity index (χ0n) is 17.9. The third-order valence-electron chi connectivity index (χ3n) is 5.11. The summed E-state index contributed by atoms with van der Waals surface area (Å²) >= 11 is 0. The number of amides is 2. The molecule has 0 radical (unpaired) electrons. The van der Waals surface area contributed by atoms with E-state index in [1.54, 1.807) is 39.8 Å². The number of nitrogens with one attached hydrogen (secondary N) is 2. The van der Waals surface area contributed by atoms with Crippen LogP contribution in [0.2, 0.25) is 0 Å². The molecule has 0 unspecified atom stereocenters. The molecule has 3 aromatic carbocycles. The predicted octanol–water partition coefficient (Wildman–Crippen LogP) is 3.19. The molecule has 34 heavy (non-hydrogen) atoms. The van der Waals surface area contributed by atoms with Gasteiger partial charge in [0.15, 0.2) is 0 Å². The number of hydrogen-bond acceptors (Lipinski definition) is 5. The van der Waals surface area contributed by atoms with E-state index < -0.39 is 11.8 Å². The van der Waals surface area contributed by atoms with Gasteiger partial charge in [0, 0.05) is 17.3 Å². The minimum atomic E-state index is -0.484. The van der Waals surface area contributed by atoms with Crippen LogP contribution in [0.15, 0.2) is 104 Å². The van der Waals surface area contributed by atoms with Crippen LogP contribution >= 0.6 is 0 Å². The average Bonchev–Trinajstić information content (AvgIpc) is 3.59. The molecule has 0 atom stereocenters. The number of carbonyl (C=O) groups is 2. The summed E-state index contributed by atoms with van der Waals surface area (Å²) in [6.07, 6.45) is 4.59. The Morgan fingerprint density at radius 1 is 0.735 bits per heavy atom. The van der Waals surface area contributed by atoms with Gasteiger partial charge in [0.25, 0.3) is 11.8 Å². The van der Waals surface area contributed by atoms with E-state index in [1.165, 1.54) is 12.7 Å². The third-order valence-corrected chi connectivity index (χ3v) is 5.11. The molecule has 0 saturated carbocycles. The Labute approximate surface area is 194 Å². The SMILES string of the molecule is O=C(NNC(=O)c1cn(-c2ccccc2)nc1-c1ccccc1)c1cccc(-n2cncn2)c1. The van der Waals surface area contributed by atoms with E-state index in [4.69, 9.17) is 0 Å². The Bertz CT molecular complexity index is 1430. The number of aromatic nitrogens is 5. The van der Waals surface area contributed by atoms with E-state index in [1.807, 2.05) is 60.7 Å². The molecule has 2 aromatic heterocycles. The van der Waals surface area contributed by atoms with Crippen molar-refractivity contribution in [2.24, 2.45) is 0 Å². The van der Waals surface area contributed by atoms with Gasteiger partial charge >= 0.3 is 0 Å². The molecule has 9 heteroatoms. The summed E-state index contributed by atoms with van der Waals surface area (Å²) in [4.78, 5) is 29.7. The summed E-state index contributed by atoms with van der Waals surface area (Å²) in [6.45, 7) is 0. The van der Waals surface area contributed by atoms with Crippen molar-refractivity contribution in [3.8, 4) is 22.6 Å². The van der Waals surface area contributed by atoms with E-state index in [0.29, 0.717) is 22.5 Å². The monoisotopic (exact) mass is 449 g/mol. The van der Waals surface area contributed by atoms with Crippen LogP contribution in [0.25, 0.3) is 22.6 Å². The molecule has 0 aliphatic rings. The quantitative estimate of drug-likeness (QED) is 0.401. The van der Waals surface area contributed by atoms with Crippen LogP contribution in [0.5, 0.6) is 0 Å². The molecule has 2 heterocycles. The summed E-state index contributed by atoms with van der Waals surface area (Å²) in [6, 6.07) is 25.7. The minimum Gasteiger partial charge on any atom is -0.267 e. The van der Waals surface area contributed by atoms with Crippen LogP contribution in [-0.4, -0.2) is 36.4 Å². The fourth-order valence-electron chi connectivity index (χ4n) is 3.45. The zero-order valence-corrected chi connectivity index (χ0v) is 17.9. The topological polar surface area (TPSA) is 107 Å². The number of rotatable bonds is 5. The predicted molar refractivity (Wildman–Crippen MR) is 125 cm³/mol. The second-order valence-electron chi connectivity index (χ2n) is 7.34. The van der Waals surface area contributed by atoms with Crippen LogP contribution in [0.3, 0.4) is 0 Å². The van der Waals surface area contributed by atoms with Crippen molar-refractivity contribution in [1.82, 2.24) is 35.4 Å². The van der Waals surface area contributed by atoms with Crippen molar-refractivity contribution in [2.75, 3.05) is 0 Å². The van der Waals surface area contributed by atoms with E-state index in [-0.39, 0.29) is 0 Å². The highest BCUT2D eigenvalue weighted by molar-refractivity contribution is 6.02. The van der Waals surface area contributed by atoms with Gasteiger partial charge in [-0.1, -0.05) is 54.6 Å². The van der Waals surface area contributed by atoms with Gasteiger partial charge in [0.05, 0.1) is 16.9 Å². The fourth-order valence-corrected chi connectivity index (χ4v) is 3.45. The minimum absolute atomic E-state index is 0.326. The normalized spacial score (nSPS) is 10.6. The van der Waals surface area contributed by atoms with E-state index in [2.05, 4.69) is 26.0 Å². The molecule has 0 spiro atoms. The summed E-state index contributed by atoms with van der Waals surface area (Å²) in [7, 11) is 0. The number of hydrogen-bond donors (Lipinski definition) is 2. The van der Waals surface area contributed by atoms with Crippen LogP contribution in [0, 0.1) is 0 Å². The highest BCUT2D eigenvalue weighted by Gasteiger charge is 2.19. The number of carbonyl (C=O) groups excluding carboxylic acids is 2. The lowest BCUT2D eigenvalue weighted by atomic mass is 10.1. The molecular formula is C25H19N7O2. The first-order chi connectivity index (χ1) is 16.7. The van der Waals surface area contributed by atoms with Gasteiger partial charge in [-0.25, -0.2) is 14.3 Å². The van der Waals surface area contributed by atoms with Crippen LogP contribution < -0.4 is 10.9 Å². The van der Waals surface area contributed by atoms with Crippen molar-refractivity contribution >= 4 is 11.8 Å². The van der Waals surface area contributed by atoms with Crippen molar-refractivity contribution in [3.05, 3.63) is 115 Å². The third kappa shape index (κ3) is 4.30. The van der Waals surface area contributed by atoms with Crippen LogP contribution in [0.4, 0.5) is 0 Å². The van der Waals surface area contributed by atoms with Crippen molar-refractivity contribution in [2.45, 2.75) is 0 Å². The number of nitrogens with zero attached hydrogens (tertiary/aromatic N) is 5. The molecule has 0 saturated heterocycles. The summed E-state index contributed by atoms with van der Waals surface area (Å²) in [5.74, 6) is -0.950. The maximum absolute atomic E-state index is 13.1. The van der Waals surface area contributed by atoms with Crippen molar-refractivity contribution in [1.29, 1.82) is 0 Å². The fraction of sp³-hybridized carbons (Fsp3) is 0. The van der Waals surface area contributed by atoms with Gasteiger partial charge in [-0.15, -0.1) is 0 Å². The summed E-state index contributed by atoms with van der Waals surface area (Å²) in [5.41, 5.74) is 8.44. The molecule has 0 bridgehead atoms. The number of hydrazine groups is 1. The van der Waals surface area contributed by atoms with Crippen molar-refractivity contribution < 1.29 is 9.59 Å². The molecule has 2 amide bonds. The zero-order chi connectivity index (χ0) is 23.3. The lowest BCUT2D eigenvalue weighted by Gasteiger charge is -2.08. The summed E-state index contributed by atoms with van der Waals surface area (Å²) in [5, 5.41) is 8.69. The molecule has 2 N–H and O–H groups in total. The molecule has 9 nitrogen and oxygen atoms in total. The Kier molecular flexibility index (Phi) is 5.64. The van der Waals surface area contributed by atoms with E-state index >= 15 is 0 Å². The lowest BCUT2D eigenvalue weighted by Crippen LogP contribution is -2.41. The van der Waals surface area contributed by atoms with Gasteiger partial charge < -0.3 is 0 Å². The maximum Gasteiger partial charge on any atom is 0.273 e. The van der Waals surface area contributed by atoms with E-state index in [0.717, 1.165) is 11.3 Å². The first-order valence-electron chi connectivity index (χ1n) is 10.5. The molecule has 166 valence electrons. The van der Waals surface area contributed by atoms with E-state index in [9.17, 15) is 9.59 Å². The average molecular weight is 449 g/mol. The second kappa shape index (κ2) is 9.21. The Hall–Kier alpha value is -5.05. The highest BCUT2D eigenvalue weighted by atomic mass is 16.2. The van der Waals surface area contributed by atoms with Crippen LogP contribution in [0.1, 0.15) is 20.7 Å². The summed E-state index contributed by atoms with van der Waals surface area (Å²) < 4.78 is 3.18. The molecule has 0 aliphatic carbocycles. The number of para-hydroxylation sites is 1. The van der Waals surface area contributed by atoms with Gasteiger partial charge in [-0.2, -0.15) is 10.2 Å². The van der Waals surface area contributed by atoms with Gasteiger partial charge in [0.2, 0.25) is 0 Å². The Morgan fingerprint density at radius 2 is 1.44 bits per heavy atom. The van der Waals surface area contributed by atoms with Crippen LogP contribution in [-0.2, 0) is 0 Å². The van der Waals surface area contributed by atoms with Gasteiger partial charge in [0.1, 0.15) is 18.3 Å².